The van der Waals surface area contributed by atoms with Crippen LogP contribution in [0, 0.1) is 6.92 Å². The van der Waals surface area contributed by atoms with Crippen LogP contribution in [0.4, 0.5) is 18.9 Å². The zero-order valence-corrected chi connectivity index (χ0v) is 14.6. The quantitative estimate of drug-likeness (QED) is 0.886. The Bertz CT molecular complexity index is 822. The zero-order valence-electron chi connectivity index (χ0n) is 13.9. The summed E-state index contributed by atoms with van der Waals surface area (Å²) in [5.74, 6) is -0.572. The monoisotopic (exact) mass is 375 g/mol. The standard InChI is InChI=1S/C15H17ClF3N5O/c1-7-10(6-23(3)21-7)20-14(25)8(2)24-12(9-4-5-9)11(16)13(22-24)15(17,18)19/h6,8-9H,4-5H2,1-3H3,(H,20,25). The molecule has 6 nitrogen and oxygen atoms in total. The van der Waals surface area contributed by atoms with Crippen molar-refractivity contribution in [2.24, 2.45) is 7.05 Å². The number of anilines is 1. The largest absolute Gasteiger partial charge is 0.436 e. The van der Waals surface area contributed by atoms with E-state index in [-0.39, 0.29) is 11.6 Å². The Labute approximate surface area is 146 Å². The summed E-state index contributed by atoms with van der Waals surface area (Å²) in [5, 5.41) is 9.99. The van der Waals surface area contributed by atoms with Gasteiger partial charge in [0.2, 0.25) is 5.91 Å². The molecule has 2 aromatic heterocycles. The Morgan fingerprint density at radius 1 is 1.40 bits per heavy atom. The number of rotatable bonds is 4. The predicted octanol–water partition coefficient (Wildman–Crippen LogP) is 3.67. The maximum absolute atomic E-state index is 13.1. The minimum absolute atomic E-state index is 0.0912. The molecule has 1 saturated carbocycles. The van der Waals surface area contributed by atoms with Crippen LogP contribution in [-0.4, -0.2) is 25.5 Å². The van der Waals surface area contributed by atoms with Gasteiger partial charge in [-0.1, -0.05) is 11.6 Å². The zero-order chi connectivity index (χ0) is 18.5. The first-order chi connectivity index (χ1) is 11.6. The summed E-state index contributed by atoms with van der Waals surface area (Å²) < 4.78 is 42.0. The van der Waals surface area contributed by atoms with Crippen molar-refractivity contribution >= 4 is 23.2 Å². The lowest BCUT2D eigenvalue weighted by atomic mass is 10.2. The van der Waals surface area contributed by atoms with Crippen molar-refractivity contribution in [2.75, 3.05) is 5.32 Å². The Morgan fingerprint density at radius 2 is 2.04 bits per heavy atom. The average molecular weight is 376 g/mol. The number of carbonyl (C=O) groups excluding carboxylic acids is 1. The second-order valence-electron chi connectivity index (χ2n) is 6.23. The first-order valence-electron chi connectivity index (χ1n) is 7.75. The van der Waals surface area contributed by atoms with Crippen LogP contribution >= 0.6 is 11.6 Å². The number of halogens is 4. The van der Waals surface area contributed by atoms with Crippen LogP contribution in [0.3, 0.4) is 0 Å². The Hall–Kier alpha value is -2.03. The van der Waals surface area contributed by atoms with Crippen LogP contribution in [-0.2, 0) is 18.0 Å². The highest BCUT2D eigenvalue weighted by atomic mass is 35.5. The molecule has 136 valence electrons. The van der Waals surface area contributed by atoms with Gasteiger partial charge in [-0.2, -0.15) is 23.4 Å². The third-order valence-electron chi connectivity index (χ3n) is 4.14. The lowest BCUT2D eigenvalue weighted by molar-refractivity contribution is -0.141. The van der Waals surface area contributed by atoms with Crippen LogP contribution < -0.4 is 5.32 Å². The molecular weight excluding hydrogens is 359 g/mol. The average Bonchev–Trinajstić information content (AvgIpc) is 3.19. The molecule has 0 spiro atoms. The minimum atomic E-state index is -4.66. The Kier molecular flexibility index (Phi) is 4.30. The SMILES string of the molecule is Cc1nn(C)cc1NC(=O)C(C)n1nc(C(F)(F)F)c(Cl)c1C1CC1. The van der Waals surface area contributed by atoms with Gasteiger partial charge in [-0.15, -0.1) is 0 Å². The van der Waals surface area contributed by atoms with Gasteiger partial charge in [0.15, 0.2) is 5.69 Å². The summed E-state index contributed by atoms with van der Waals surface area (Å²) in [4.78, 5) is 12.5. The highest BCUT2D eigenvalue weighted by molar-refractivity contribution is 6.32. The van der Waals surface area contributed by atoms with E-state index in [2.05, 4.69) is 15.5 Å². The summed E-state index contributed by atoms with van der Waals surface area (Å²) in [7, 11) is 1.71. The van der Waals surface area contributed by atoms with Gasteiger partial charge >= 0.3 is 6.18 Å². The van der Waals surface area contributed by atoms with Gasteiger partial charge in [-0.25, -0.2) is 0 Å². The molecule has 1 N–H and O–H groups in total. The van der Waals surface area contributed by atoms with E-state index in [1.54, 1.807) is 20.2 Å². The van der Waals surface area contributed by atoms with Crippen LogP contribution in [0.2, 0.25) is 5.02 Å². The Balaban J connectivity index is 1.92. The fourth-order valence-corrected chi connectivity index (χ4v) is 3.08. The molecule has 1 aliphatic carbocycles. The number of carbonyl (C=O) groups is 1. The summed E-state index contributed by atoms with van der Waals surface area (Å²) in [6, 6.07) is -0.941. The van der Waals surface area contributed by atoms with Gasteiger partial charge in [0, 0.05) is 19.2 Å². The van der Waals surface area contributed by atoms with Crippen LogP contribution in [0.1, 0.15) is 48.8 Å². The van der Waals surface area contributed by atoms with Gasteiger partial charge in [-0.3, -0.25) is 14.2 Å². The first kappa shape index (κ1) is 17.8. The Morgan fingerprint density at radius 3 is 2.52 bits per heavy atom. The van der Waals surface area contributed by atoms with E-state index >= 15 is 0 Å². The normalized spacial score (nSPS) is 16.1. The molecule has 0 aliphatic heterocycles. The molecule has 3 rings (SSSR count). The third kappa shape index (κ3) is 3.37. The fraction of sp³-hybridized carbons (Fsp3) is 0.533. The van der Waals surface area contributed by atoms with Crippen molar-refractivity contribution in [3.63, 3.8) is 0 Å². The second kappa shape index (κ2) is 6.05. The topological polar surface area (TPSA) is 64.7 Å². The minimum Gasteiger partial charge on any atom is -0.321 e. The summed E-state index contributed by atoms with van der Waals surface area (Å²) in [6.07, 6.45) is -1.57. The maximum Gasteiger partial charge on any atom is 0.436 e. The molecule has 0 bridgehead atoms. The van der Waals surface area contributed by atoms with E-state index in [0.717, 1.165) is 17.5 Å². The molecule has 2 heterocycles. The molecule has 10 heteroatoms. The number of nitrogens with zero attached hydrogens (tertiary/aromatic N) is 4. The smallest absolute Gasteiger partial charge is 0.321 e. The van der Waals surface area contributed by atoms with E-state index in [1.165, 1.54) is 11.6 Å². The van der Waals surface area contributed by atoms with E-state index in [0.29, 0.717) is 11.4 Å². The summed E-state index contributed by atoms with van der Waals surface area (Å²) in [5.41, 5.74) is 0.245. The van der Waals surface area contributed by atoms with Crippen molar-refractivity contribution < 1.29 is 18.0 Å². The molecule has 1 atom stereocenters. The highest BCUT2D eigenvalue weighted by Crippen LogP contribution is 2.47. The van der Waals surface area contributed by atoms with E-state index in [1.807, 2.05) is 0 Å². The summed E-state index contributed by atoms with van der Waals surface area (Å²) in [6.45, 7) is 3.22. The van der Waals surface area contributed by atoms with E-state index in [9.17, 15) is 18.0 Å². The molecule has 0 radical (unpaired) electrons. The van der Waals surface area contributed by atoms with Gasteiger partial charge in [-0.05, 0) is 26.7 Å². The number of hydrogen-bond acceptors (Lipinski definition) is 3. The van der Waals surface area contributed by atoms with E-state index in [4.69, 9.17) is 11.6 Å². The van der Waals surface area contributed by atoms with Crippen molar-refractivity contribution in [1.82, 2.24) is 19.6 Å². The molecule has 1 amide bonds. The molecule has 1 aliphatic rings. The van der Waals surface area contributed by atoms with Crippen LogP contribution in [0.15, 0.2) is 6.20 Å². The lowest BCUT2D eigenvalue weighted by Gasteiger charge is -2.15. The molecular formula is C15H17ClF3N5O. The van der Waals surface area contributed by atoms with Gasteiger partial charge in [0.05, 0.1) is 22.1 Å². The number of amides is 1. The number of nitrogens with one attached hydrogen (secondary N) is 1. The highest BCUT2D eigenvalue weighted by Gasteiger charge is 2.43. The molecule has 0 aromatic carbocycles. The van der Waals surface area contributed by atoms with Gasteiger partial charge in [0.25, 0.3) is 0 Å². The van der Waals surface area contributed by atoms with Crippen LogP contribution in [0.5, 0.6) is 0 Å². The van der Waals surface area contributed by atoms with Crippen molar-refractivity contribution in [3.05, 3.63) is 28.3 Å². The number of aromatic nitrogens is 4. The molecule has 1 unspecified atom stereocenters. The maximum atomic E-state index is 13.1. The summed E-state index contributed by atoms with van der Waals surface area (Å²) >= 11 is 5.94. The third-order valence-corrected chi connectivity index (χ3v) is 4.51. The van der Waals surface area contributed by atoms with Crippen molar-refractivity contribution in [2.45, 2.75) is 44.8 Å². The number of hydrogen-bond donors (Lipinski definition) is 1. The van der Waals surface area contributed by atoms with Gasteiger partial charge in [0.1, 0.15) is 6.04 Å². The first-order valence-corrected chi connectivity index (χ1v) is 8.13. The van der Waals surface area contributed by atoms with E-state index < -0.39 is 28.8 Å². The van der Waals surface area contributed by atoms with Crippen molar-refractivity contribution in [1.29, 1.82) is 0 Å². The second-order valence-corrected chi connectivity index (χ2v) is 6.61. The van der Waals surface area contributed by atoms with Crippen LogP contribution in [0.25, 0.3) is 0 Å². The lowest BCUT2D eigenvalue weighted by Crippen LogP contribution is -2.26. The molecule has 1 fully saturated rings. The van der Waals surface area contributed by atoms with Gasteiger partial charge < -0.3 is 5.32 Å². The fourth-order valence-electron chi connectivity index (χ4n) is 2.70. The number of alkyl halides is 3. The molecule has 0 saturated heterocycles. The predicted molar refractivity (Wildman–Crippen MR) is 85.5 cm³/mol. The van der Waals surface area contributed by atoms with Crippen molar-refractivity contribution in [3.8, 4) is 0 Å². The molecule has 2 aromatic rings. The molecule has 25 heavy (non-hydrogen) atoms. The number of aryl methyl sites for hydroxylation is 2.